The molecule has 0 saturated heterocycles. The van der Waals surface area contributed by atoms with Crippen LogP contribution in [0.5, 0.6) is 5.75 Å². The van der Waals surface area contributed by atoms with E-state index >= 15 is 0 Å². The lowest BCUT2D eigenvalue weighted by molar-refractivity contribution is 0.00694. The van der Waals surface area contributed by atoms with Gasteiger partial charge in [0.1, 0.15) is 16.9 Å². The predicted octanol–water partition coefficient (Wildman–Crippen LogP) is 7.70. The van der Waals surface area contributed by atoms with Crippen LogP contribution in [0.2, 0.25) is 0 Å². The lowest BCUT2D eigenvalue weighted by atomic mass is 9.81. The van der Waals surface area contributed by atoms with Crippen molar-refractivity contribution in [1.82, 2.24) is 14.3 Å². The first-order valence-corrected chi connectivity index (χ1v) is 15.4. The van der Waals surface area contributed by atoms with Crippen molar-refractivity contribution >= 4 is 34.5 Å². The van der Waals surface area contributed by atoms with Crippen LogP contribution < -0.4 is 4.74 Å². The second kappa shape index (κ2) is 11.3. The number of aromatic nitrogens is 3. The Labute approximate surface area is 258 Å². The van der Waals surface area contributed by atoms with Gasteiger partial charge in [-0.3, -0.25) is 4.68 Å². The lowest BCUT2D eigenvalue weighted by Crippen LogP contribution is -2.23. The SMILES string of the molecule is COC(=O)c1c(C)nn(C)c1C1=Cc2cc(OC)ccc2-c2c(C3CCCCC3)c3ccc(C(=O)OC(C)(C)C)cc3n2C1. The van der Waals surface area contributed by atoms with Crippen molar-refractivity contribution < 1.29 is 23.8 Å². The first kappa shape index (κ1) is 29.7. The molecule has 8 nitrogen and oxygen atoms in total. The predicted molar refractivity (Wildman–Crippen MR) is 172 cm³/mol. The van der Waals surface area contributed by atoms with Gasteiger partial charge >= 0.3 is 11.9 Å². The Morgan fingerprint density at radius 2 is 1.70 bits per heavy atom. The highest BCUT2D eigenvalue weighted by Crippen LogP contribution is 2.48. The van der Waals surface area contributed by atoms with E-state index in [-0.39, 0.29) is 5.97 Å². The topological polar surface area (TPSA) is 84.6 Å². The fourth-order valence-corrected chi connectivity index (χ4v) is 7.02. The van der Waals surface area contributed by atoms with Crippen LogP contribution in [0.4, 0.5) is 0 Å². The molecule has 8 heteroatoms. The molecule has 44 heavy (non-hydrogen) atoms. The number of benzene rings is 2. The zero-order chi connectivity index (χ0) is 31.3. The molecule has 0 atom stereocenters. The molecule has 0 spiro atoms. The van der Waals surface area contributed by atoms with Crippen molar-refractivity contribution in [3.8, 4) is 17.0 Å². The van der Waals surface area contributed by atoms with Gasteiger partial charge in [-0.15, -0.1) is 0 Å². The number of carbonyl (C=O) groups excluding carboxylic acids is 2. The van der Waals surface area contributed by atoms with E-state index in [4.69, 9.17) is 14.2 Å². The molecule has 0 bridgehead atoms. The van der Waals surface area contributed by atoms with E-state index in [2.05, 4.69) is 33.9 Å². The summed E-state index contributed by atoms with van der Waals surface area (Å²) < 4.78 is 20.7. The molecule has 0 radical (unpaired) electrons. The van der Waals surface area contributed by atoms with Crippen LogP contribution in [-0.4, -0.2) is 46.1 Å². The van der Waals surface area contributed by atoms with Crippen LogP contribution in [-0.2, 0) is 23.1 Å². The van der Waals surface area contributed by atoms with Crippen LogP contribution in [0.15, 0.2) is 36.4 Å². The van der Waals surface area contributed by atoms with Crippen LogP contribution in [0.3, 0.4) is 0 Å². The molecular formula is C36H41N3O5. The van der Waals surface area contributed by atoms with Gasteiger partial charge < -0.3 is 18.8 Å². The maximum Gasteiger partial charge on any atom is 0.341 e. The summed E-state index contributed by atoms with van der Waals surface area (Å²) in [5.41, 5.74) is 8.13. The van der Waals surface area contributed by atoms with Crippen LogP contribution in [0, 0.1) is 6.92 Å². The summed E-state index contributed by atoms with van der Waals surface area (Å²) in [7, 11) is 4.92. The average Bonchev–Trinajstić information content (AvgIpc) is 3.41. The number of hydrogen-bond donors (Lipinski definition) is 0. The van der Waals surface area contributed by atoms with Gasteiger partial charge in [-0.2, -0.15) is 5.10 Å². The fourth-order valence-electron chi connectivity index (χ4n) is 7.02. The molecule has 1 aliphatic carbocycles. The van der Waals surface area contributed by atoms with Gasteiger partial charge in [0.2, 0.25) is 0 Å². The summed E-state index contributed by atoms with van der Waals surface area (Å²) in [4.78, 5) is 26.3. The molecule has 4 aromatic rings. The van der Waals surface area contributed by atoms with Crippen molar-refractivity contribution in [3.63, 3.8) is 0 Å². The molecule has 2 aliphatic rings. The summed E-state index contributed by atoms with van der Waals surface area (Å²) in [6, 6.07) is 12.2. The van der Waals surface area contributed by atoms with E-state index in [0.29, 0.717) is 35.0 Å². The van der Waals surface area contributed by atoms with Gasteiger partial charge in [-0.1, -0.05) is 25.3 Å². The molecule has 6 rings (SSSR count). The molecule has 0 N–H and O–H groups in total. The molecule has 3 heterocycles. The van der Waals surface area contributed by atoms with Crippen molar-refractivity contribution in [2.45, 2.75) is 77.9 Å². The number of hydrogen-bond acceptors (Lipinski definition) is 6. The van der Waals surface area contributed by atoms with Crippen LogP contribution in [0.25, 0.3) is 33.8 Å². The van der Waals surface area contributed by atoms with E-state index in [1.807, 2.05) is 52.9 Å². The smallest absolute Gasteiger partial charge is 0.341 e. The number of methoxy groups -OCH3 is 2. The van der Waals surface area contributed by atoms with Gasteiger partial charge in [0.15, 0.2) is 0 Å². The van der Waals surface area contributed by atoms with Gasteiger partial charge in [0.05, 0.1) is 43.4 Å². The van der Waals surface area contributed by atoms with Gasteiger partial charge in [0.25, 0.3) is 0 Å². The summed E-state index contributed by atoms with van der Waals surface area (Å²) in [5.74, 6) is 0.383. The van der Waals surface area contributed by atoms with Crippen LogP contribution in [0.1, 0.15) is 102 Å². The summed E-state index contributed by atoms with van der Waals surface area (Å²) in [6.45, 7) is 7.94. The number of aryl methyl sites for hydroxylation is 2. The minimum absolute atomic E-state index is 0.348. The number of fused-ring (bicyclic) bond motifs is 5. The fraction of sp³-hybridized carbons (Fsp3) is 0.417. The molecule has 2 aromatic carbocycles. The zero-order valence-electron chi connectivity index (χ0n) is 26.7. The molecular weight excluding hydrogens is 554 g/mol. The maximum atomic E-state index is 13.3. The highest BCUT2D eigenvalue weighted by Gasteiger charge is 2.32. The van der Waals surface area contributed by atoms with Crippen LogP contribution >= 0.6 is 0 Å². The van der Waals surface area contributed by atoms with E-state index < -0.39 is 11.6 Å². The summed E-state index contributed by atoms with van der Waals surface area (Å²) >= 11 is 0. The van der Waals surface area contributed by atoms with Crippen molar-refractivity contribution in [3.05, 3.63) is 70.0 Å². The van der Waals surface area contributed by atoms with Crippen molar-refractivity contribution in [2.75, 3.05) is 14.2 Å². The molecule has 230 valence electrons. The third-order valence-electron chi connectivity index (χ3n) is 8.84. The standard InChI is InChI=1S/C36H41N3O5/c1-21-30(35(41)43-7)32(38(5)37-21)25-17-24-18-26(42-6)14-16-27(24)33-31(22-11-9-8-10-12-22)28-15-13-23(19-29(28)39(33)20-25)34(40)44-36(2,3)4/h13-19,22H,8-12,20H2,1-7H3. The second-order valence-electron chi connectivity index (χ2n) is 13.0. The second-order valence-corrected chi connectivity index (χ2v) is 13.0. The molecule has 1 aliphatic heterocycles. The Morgan fingerprint density at radius 3 is 2.39 bits per heavy atom. The Bertz CT molecular complexity index is 1810. The minimum Gasteiger partial charge on any atom is -0.497 e. The molecule has 1 fully saturated rings. The number of nitrogens with zero attached hydrogens (tertiary/aromatic N) is 3. The average molecular weight is 596 g/mol. The maximum absolute atomic E-state index is 13.3. The summed E-state index contributed by atoms with van der Waals surface area (Å²) in [6.07, 6.45) is 8.04. The quantitative estimate of drug-likeness (QED) is 0.220. The van der Waals surface area contributed by atoms with E-state index in [1.54, 1.807) is 11.8 Å². The summed E-state index contributed by atoms with van der Waals surface area (Å²) in [5, 5.41) is 5.77. The Kier molecular flexibility index (Phi) is 7.64. The van der Waals surface area contributed by atoms with Gasteiger partial charge in [-0.25, -0.2) is 9.59 Å². The first-order chi connectivity index (χ1) is 21.0. The van der Waals surface area contributed by atoms with E-state index in [0.717, 1.165) is 51.9 Å². The highest BCUT2D eigenvalue weighted by atomic mass is 16.6. The third kappa shape index (κ3) is 5.20. The molecule has 0 unspecified atom stereocenters. The molecule has 2 aromatic heterocycles. The number of esters is 2. The van der Waals surface area contributed by atoms with Crippen molar-refractivity contribution in [1.29, 1.82) is 0 Å². The number of carbonyl (C=O) groups is 2. The Hall–Kier alpha value is -4.33. The van der Waals surface area contributed by atoms with E-state index in [9.17, 15) is 9.59 Å². The number of rotatable bonds is 5. The largest absolute Gasteiger partial charge is 0.497 e. The monoisotopic (exact) mass is 595 g/mol. The molecule has 1 saturated carbocycles. The Morgan fingerprint density at radius 1 is 0.955 bits per heavy atom. The Balaban J connectivity index is 1.66. The number of allylic oxidation sites excluding steroid dienone is 1. The van der Waals surface area contributed by atoms with Gasteiger partial charge in [0, 0.05) is 23.5 Å². The normalized spacial score (nSPS) is 15.3. The minimum atomic E-state index is -0.606. The lowest BCUT2D eigenvalue weighted by Gasteiger charge is -2.24. The highest BCUT2D eigenvalue weighted by molar-refractivity contribution is 6.03. The molecule has 0 amide bonds. The van der Waals surface area contributed by atoms with E-state index in [1.165, 1.54) is 31.9 Å². The third-order valence-corrected chi connectivity index (χ3v) is 8.84. The zero-order valence-corrected chi connectivity index (χ0v) is 26.7. The van der Waals surface area contributed by atoms with Crippen molar-refractivity contribution in [2.24, 2.45) is 7.05 Å². The van der Waals surface area contributed by atoms with Gasteiger partial charge in [-0.05, 0) is 99.6 Å². The first-order valence-electron chi connectivity index (χ1n) is 15.4. The number of ether oxygens (including phenoxy) is 3.